The average molecular weight is 291 g/mol. The largest absolute Gasteiger partial charge is 0.345 e. The van der Waals surface area contributed by atoms with Gasteiger partial charge in [-0.3, -0.25) is 4.79 Å². The molecule has 1 aliphatic rings. The molecule has 1 aliphatic heterocycles. The Morgan fingerprint density at radius 1 is 1.25 bits per heavy atom. The molecule has 0 saturated carbocycles. The molecular formula is C14H14FN3OS. The van der Waals surface area contributed by atoms with Gasteiger partial charge in [0.25, 0.3) is 5.91 Å². The molecule has 1 aromatic heterocycles. The third-order valence-corrected chi connectivity index (χ3v) is 4.16. The average Bonchev–Trinajstić information content (AvgIpc) is 3.01. The van der Waals surface area contributed by atoms with E-state index in [2.05, 4.69) is 9.88 Å². The number of benzene rings is 1. The summed E-state index contributed by atoms with van der Waals surface area (Å²) in [4.78, 5) is 20.5. The fraction of sp³-hybridized carbons (Fsp3) is 0.286. The predicted molar refractivity (Wildman–Crippen MR) is 76.6 cm³/mol. The molecule has 0 atom stereocenters. The number of rotatable bonds is 2. The van der Waals surface area contributed by atoms with Gasteiger partial charge < -0.3 is 9.80 Å². The lowest BCUT2D eigenvalue weighted by Gasteiger charge is -2.34. The Hall–Kier alpha value is -1.95. The van der Waals surface area contributed by atoms with Crippen LogP contribution in [0.5, 0.6) is 0 Å². The molecule has 1 amide bonds. The lowest BCUT2D eigenvalue weighted by Crippen LogP contribution is -2.48. The van der Waals surface area contributed by atoms with Crippen LogP contribution in [0.2, 0.25) is 0 Å². The number of thiazole rings is 1. The van der Waals surface area contributed by atoms with E-state index in [-0.39, 0.29) is 11.7 Å². The Morgan fingerprint density at radius 2 is 2.05 bits per heavy atom. The van der Waals surface area contributed by atoms with E-state index in [1.165, 1.54) is 12.1 Å². The van der Waals surface area contributed by atoms with E-state index in [0.29, 0.717) is 18.7 Å². The topological polar surface area (TPSA) is 36.4 Å². The van der Waals surface area contributed by atoms with Gasteiger partial charge >= 0.3 is 0 Å². The van der Waals surface area contributed by atoms with Gasteiger partial charge in [0.1, 0.15) is 5.82 Å². The second-order valence-electron chi connectivity index (χ2n) is 4.60. The molecule has 2 heterocycles. The van der Waals surface area contributed by atoms with Crippen molar-refractivity contribution in [3.63, 3.8) is 0 Å². The summed E-state index contributed by atoms with van der Waals surface area (Å²) in [6.07, 6.45) is 1.78. The zero-order chi connectivity index (χ0) is 13.9. The summed E-state index contributed by atoms with van der Waals surface area (Å²) >= 11 is 1.60. The molecule has 2 aromatic rings. The van der Waals surface area contributed by atoms with Crippen LogP contribution in [-0.2, 0) is 0 Å². The quantitative estimate of drug-likeness (QED) is 0.851. The fourth-order valence-corrected chi connectivity index (χ4v) is 2.97. The van der Waals surface area contributed by atoms with E-state index in [1.54, 1.807) is 34.6 Å². The van der Waals surface area contributed by atoms with E-state index in [9.17, 15) is 9.18 Å². The van der Waals surface area contributed by atoms with Crippen molar-refractivity contribution in [2.24, 2.45) is 0 Å². The van der Waals surface area contributed by atoms with Crippen LogP contribution >= 0.6 is 11.3 Å². The zero-order valence-corrected chi connectivity index (χ0v) is 11.6. The number of halogens is 1. The number of amides is 1. The highest BCUT2D eigenvalue weighted by atomic mass is 32.1. The van der Waals surface area contributed by atoms with Crippen LogP contribution in [0.1, 0.15) is 10.4 Å². The van der Waals surface area contributed by atoms with E-state index < -0.39 is 0 Å². The molecule has 0 radical (unpaired) electrons. The summed E-state index contributed by atoms with van der Waals surface area (Å²) in [5.41, 5.74) is 0.410. The molecule has 4 nitrogen and oxygen atoms in total. The fourth-order valence-electron chi connectivity index (χ4n) is 2.28. The van der Waals surface area contributed by atoms with Crippen LogP contribution in [0.25, 0.3) is 0 Å². The first-order valence-corrected chi connectivity index (χ1v) is 7.31. The van der Waals surface area contributed by atoms with Crippen LogP contribution in [0.15, 0.2) is 35.8 Å². The van der Waals surface area contributed by atoms with Crippen molar-refractivity contribution in [1.29, 1.82) is 0 Å². The standard InChI is InChI=1S/C14H14FN3OS/c15-12-3-1-2-11(10-12)13(19)17-5-7-18(8-6-17)14-16-4-9-20-14/h1-4,9-10H,5-8H2. The van der Waals surface area contributed by atoms with E-state index in [4.69, 9.17) is 0 Å². The first-order chi connectivity index (χ1) is 9.74. The number of anilines is 1. The highest BCUT2D eigenvalue weighted by Gasteiger charge is 2.23. The zero-order valence-electron chi connectivity index (χ0n) is 10.8. The lowest BCUT2D eigenvalue weighted by atomic mass is 10.2. The van der Waals surface area contributed by atoms with Crippen LogP contribution in [0.3, 0.4) is 0 Å². The number of carbonyl (C=O) groups is 1. The van der Waals surface area contributed by atoms with Crippen molar-refractivity contribution >= 4 is 22.4 Å². The second-order valence-corrected chi connectivity index (χ2v) is 5.48. The number of hydrogen-bond acceptors (Lipinski definition) is 4. The minimum absolute atomic E-state index is 0.108. The van der Waals surface area contributed by atoms with Gasteiger partial charge in [-0.1, -0.05) is 6.07 Å². The van der Waals surface area contributed by atoms with Crippen molar-refractivity contribution < 1.29 is 9.18 Å². The maximum atomic E-state index is 13.2. The molecule has 1 saturated heterocycles. The summed E-state index contributed by atoms with van der Waals surface area (Å²) < 4.78 is 13.2. The summed E-state index contributed by atoms with van der Waals surface area (Å²) in [6, 6.07) is 5.85. The van der Waals surface area contributed by atoms with Gasteiger partial charge in [0.15, 0.2) is 5.13 Å². The maximum Gasteiger partial charge on any atom is 0.254 e. The Bertz CT molecular complexity index is 594. The summed E-state index contributed by atoms with van der Waals surface area (Å²) in [5.74, 6) is -0.486. The Morgan fingerprint density at radius 3 is 2.70 bits per heavy atom. The van der Waals surface area contributed by atoms with Gasteiger partial charge in [-0.2, -0.15) is 0 Å². The number of aromatic nitrogens is 1. The van der Waals surface area contributed by atoms with Gasteiger partial charge in [-0.15, -0.1) is 11.3 Å². The van der Waals surface area contributed by atoms with E-state index in [1.807, 2.05) is 5.38 Å². The van der Waals surface area contributed by atoms with Gasteiger partial charge in [0, 0.05) is 43.3 Å². The Labute approximate surface area is 120 Å². The molecule has 1 aromatic carbocycles. The third-order valence-electron chi connectivity index (χ3n) is 3.33. The molecule has 6 heteroatoms. The highest BCUT2D eigenvalue weighted by molar-refractivity contribution is 7.13. The number of hydrogen-bond donors (Lipinski definition) is 0. The van der Waals surface area contributed by atoms with Gasteiger partial charge in [0.05, 0.1) is 0 Å². The molecule has 1 fully saturated rings. The minimum atomic E-state index is -0.378. The van der Waals surface area contributed by atoms with Crippen molar-refractivity contribution in [2.45, 2.75) is 0 Å². The molecular weight excluding hydrogens is 277 g/mol. The molecule has 3 rings (SSSR count). The maximum absolute atomic E-state index is 13.2. The highest BCUT2D eigenvalue weighted by Crippen LogP contribution is 2.19. The Balaban J connectivity index is 1.65. The molecule has 0 spiro atoms. The van der Waals surface area contributed by atoms with E-state index >= 15 is 0 Å². The first kappa shape index (κ1) is 13.1. The number of carbonyl (C=O) groups excluding carboxylic acids is 1. The monoisotopic (exact) mass is 291 g/mol. The SMILES string of the molecule is O=C(c1cccc(F)c1)N1CCN(c2nccs2)CC1. The number of nitrogens with zero attached hydrogens (tertiary/aromatic N) is 3. The van der Waals surface area contributed by atoms with E-state index in [0.717, 1.165) is 18.2 Å². The summed E-state index contributed by atoms with van der Waals surface area (Å²) in [7, 11) is 0. The molecule has 0 unspecified atom stereocenters. The molecule has 0 bridgehead atoms. The first-order valence-electron chi connectivity index (χ1n) is 6.43. The summed E-state index contributed by atoms with van der Waals surface area (Å²) in [5, 5.41) is 2.93. The van der Waals surface area contributed by atoms with Crippen LogP contribution in [0.4, 0.5) is 9.52 Å². The molecule has 0 N–H and O–H groups in total. The molecule has 20 heavy (non-hydrogen) atoms. The smallest absolute Gasteiger partial charge is 0.254 e. The van der Waals surface area contributed by atoms with Gasteiger partial charge in [-0.25, -0.2) is 9.37 Å². The second kappa shape index (κ2) is 5.58. The lowest BCUT2D eigenvalue weighted by molar-refractivity contribution is 0.0746. The van der Waals surface area contributed by atoms with Crippen molar-refractivity contribution in [3.8, 4) is 0 Å². The van der Waals surface area contributed by atoms with Crippen LogP contribution in [-0.4, -0.2) is 42.0 Å². The minimum Gasteiger partial charge on any atom is -0.345 e. The molecule has 0 aliphatic carbocycles. The van der Waals surface area contributed by atoms with Crippen molar-refractivity contribution in [2.75, 3.05) is 31.1 Å². The van der Waals surface area contributed by atoms with Gasteiger partial charge in [-0.05, 0) is 18.2 Å². The third kappa shape index (κ3) is 2.65. The van der Waals surface area contributed by atoms with Crippen LogP contribution < -0.4 is 4.90 Å². The summed E-state index contributed by atoms with van der Waals surface area (Å²) in [6.45, 7) is 2.78. The van der Waals surface area contributed by atoms with Gasteiger partial charge in [0.2, 0.25) is 0 Å². The predicted octanol–water partition coefficient (Wildman–Crippen LogP) is 2.24. The van der Waals surface area contributed by atoms with Crippen LogP contribution in [0, 0.1) is 5.82 Å². The van der Waals surface area contributed by atoms with Crippen molar-refractivity contribution in [3.05, 3.63) is 47.2 Å². The molecule has 104 valence electrons. The Kier molecular flexibility index (Phi) is 3.64. The normalized spacial score (nSPS) is 15.4. The van der Waals surface area contributed by atoms with Crippen molar-refractivity contribution in [1.82, 2.24) is 9.88 Å². The number of piperazine rings is 1.